The van der Waals surface area contributed by atoms with E-state index in [4.69, 9.17) is 5.73 Å². The quantitative estimate of drug-likeness (QED) is 0.919. The first-order valence-electron chi connectivity index (χ1n) is 7.98. The van der Waals surface area contributed by atoms with E-state index < -0.39 is 5.92 Å². The Bertz CT molecular complexity index is 477. The van der Waals surface area contributed by atoms with Crippen molar-refractivity contribution >= 4 is 5.95 Å². The van der Waals surface area contributed by atoms with E-state index in [2.05, 4.69) is 14.9 Å². The number of nitrogens with two attached hydrogens (primary N) is 1. The van der Waals surface area contributed by atoms with Crippen LogP contribution in [-0.2, 0) is 0 Å². The third-order valence-corrected chi connectivity index (χ3v) is 4.63. The summed E-state index contributed by atoms with van der Waals surface area (Å²) in [6, 6.07) is -0.0799. The van der Waals surface area contributed by atoms with E-state index in [0.717, 1.165) is 24.6 Å². The third-order valence-electron chi connectivity index (χ3n) is 4.63. The maximum atomic E-state index is 13.3. The van der Waals surface area contributed by atoms with Crippen LogP contribution in [0.2, 0.25) is 0 Å². The summed E-state index contributed by atoms with van der Waals surface area (Å²) in [6.45, 7) is 3.12. The molecule has 0 amide bonds. The second-order valence-electron chi connectivity index (χ2n) is 6.15. The van der Waals surface area contributed by atoms with Crippen molar-refractivity contribution in [2.45, 2.75) is 37.6 Å². The molecule has 1 aromatic rings. The van der Waals surface area contributed by atoms with Crippen LogP contribution in [0, 0.1) is 0 Å². The average Bonchev–Trinajstić information content (AvgIpc) is 3.04. The SMILES string of the molecule is NCC(c1cnc(N2CCCC2)nc1)N1CCC(F)(F)CC1. The van der Waals surface area contributed by atoms with Crippen LogP contribution in [-0.4, -0.2) is 53.5 Å². The molecule has 5 nitrogen and oxygen atoms in total. The van der Waals surface area contributed by atoms with Gasteiger partial charge in [-0.3, -0.25) is 4.90 Å². The topological polar surface area (TPSA) is 58.3 Å². The van der Waals surface area contributed by atoms with Gasteiger partial charge in [-0.25, -0.2) is 18.7 Å². The van der Waals surface area contributed by atoms with Crippen molar-refractivity contribution in [3.63, 3.8) is 0 Å². The highest BCUT2D eigenvalue weighted by Crippen LogP contribution is 2.32. The molecule has 22 heavy (non-hydrogen) atoms. The lowest BCUT2D eigenvalue weighted by molar-refractivity contribution is -0.0627. The monoisotopic (exact) mass is 311 g/mol. The highest BCUT2D eigenvalue weighted by Gasteiger charge is 2.36. The average molecular weight is 311 g/mol. The molecule has 1 aromatic heterocycles. The van der Waals surface area contributed by atoms with E-state index in [1.807, 2.05) is 4.90 Å². The first-order chi connectivity index (χ1) is 10.6. The fourth-order valence-electron chi connectivity index (χ4n) is 3.24. The van der Waals surface area contributed by atoms with Crippen molar-refractivity contribution < 1.29 is 8.78 Å². The van der Waals surface area contributed by atoms with Crippen LogP contribution in [0.5, 0.6) is 0 Å². The molecule has 0 aromatic carbocycles. The summed E-state index contributed by atoms with van der Waals surface area (Å²) in [7, 11) is 0. The van der Waals surface area contributed by atoms with Gasteiger partial charge in [0, 0.05) is 63.5 Å². The molecule has 0 aliphatic carbocycles. The normalized spacial score (nSPS) is 23.7. The number of hydrogen-bond acceptors (Lipinski definition) is 5. The van der Waals surface area contributed by atoms with Gasteiger partial charge in [0.25, 0.3) is 5.92 Å². The van der Waals surface area contributed by atoms with Crippen LogP contribution in [0.1, 0.15) is 37.3 Å². The molecule has 2 fully saturated rings. The van der Waals surface area contributed by atoms with Crippen LogP contribution in [0.4, 0.5) is 14.7 Å². The van der Waals surface area contributed by atoms with Gasteiger partial charge in [0.05, 0.1) is 6.04 Å². The van der Waals surface area contributed by atoms with Crippen LogP contribution >= 0.6 is 0 Å². The van der Waals surface area contributed by atoms with Crippen molar-refractivity contribution in [1.82, 2.24) is 14.9 Å². The summed E-state index contributed by atoms with van der Waals surface area (Å²) in [4.78, 5) is 13.1. The van der Waals surface area contributed by atoms with E-state index in [1.54, 1.807) is 12.4 Å². The molecule has 1 atom stereocenters. The van der Waals surface area contributed by atoms with Gasteiger partial charge in [-0.1, -0.05) is 0 Å². The first kappa shape index (κ1) is 15.6. The van der Waals surface area contributed by atoms with Gasteiger partial charge in [-0.05, 0) is 12.8 Å². The molecule has 7 heteroatoms. The molecule has 2 saturated heterocycles. The summed E-state index contributed by atoms with van der Waals surface area (Å²) >= 11 is 0. The van der Waals surface area contributed by atoms with Crippen molar-refractivity contribution in [1.29, 1.82) is 0 Å². The Kier molecular flexibility index (Phi) is 4.54. The second kappa shape index (κ2) is 6.42. The van der Waals surface area contributed by atoms with Gasteiger partial charge in [-0.2, -0.15) is 0 Å². The molecular weight excluding hydrogens is 288 g/mol. The lowest BCUT2D eigenvalue weighted by atomic mass is 10.0. The molecule has 3 heterocycles. The van der Waals surface area contributed by atoms with E-state index >= 15 is 0 Å². The molecular formula is C15H23F2N5. The number of hydrogen-bond donors (Lipinski definition) is 1. The lowest BCUT2D eigenvalue weighted by Crippen LogP contribution is -2.43. The molecule has 0 bridgehead atoms. The Morgan fingerprint density at radius 2 is 1.68 bits per heavy atom. The predicted octanol–water partition coefficient (Wildman–Crippen LogP) is 1.81. The van der Waals surface area contributed by atoms with E-state index in [0.29, 0.717) is 19.6 Å². The van der Waals surface area contributed by atoms with Gasteiger partial charge in [0.15, 0.2) is 0 Å². The maximum absolute atomic E-state index is 13.3. The molecule has 0 radical (unpaired) electrons. The van der Waals surface area contributed by atoms with E-state index in [-0.39, 0.29) is 18.9 Å². The number of aromatic nitrogens is 2. The number of likely N-dealkylation sites (tertiary alicyclic amines) is 1. The van der Waals surface area contributed by atoms with Gasteiger partial charge < -0.3 is 10.6 Å². The largest absolute Gasteiger partial charge is 0.341 e. The van der Waals surface area contributed by atoms with Crippen LogP contribution in [0.3, 0.4) is 0 Å². The van der Waals surface area contributed by atoms with Gasteiger partial charge >= 0.3 is 0 Å². The third kappa shape index (κ3) is 3.35. The fourth-order valence-corrected chi connectivity index (χ4v) is 3.24. The number of halogens is 2. The molecule has 2 N–H and O–H groups in total. The summed E-state index contributed by atoms with van der Waals surface area (Å²) < 4.78 is 26.6. The minimum atomic E-state index is -2.54. The maximum Gasteiger partial charge on any atom is 0.250 e. The number of nitrogens with zero attached hydrogens (tertiary/aromatic N) is 4. The highest BCUT2D eigenvalue weighted by atomic mass is 19.3. The minimum Gasteiger partial charge on any atom is -0.341 e. The predicted molar refractivity (Wildman–Crippen MR) is 81.0 cm³/mol. The highest BCUT2D eigenvalue weighted by molar-refractivity contribution is 5.31. The second-order valence-corrected chi connectivity index (χ2v) is 6.15. The molecule has 122 valence electrons. The summed E-state index contributed by atoms with van der Waals surface area (Å²) in [6.07, 6.45) is 5.75. The zero-order chi connectivity index (χ0) is 15.6. The van der Waals surface area contributed by atoms with Crippen molar-refractivity contribution in [2.75, 3.05) is 37.6 Å². The van der Waals surface area contributed by atoms with Crippen LogP contribution < -0.4 is 10.6 Å². The summed E-state index contributed by atoms with van der Waals surface area (Å²) in [5, 5.41) is 0. The number of alkyl halides is 2. The summed E-state index contributed by atoms with van der Waals surface area (Å²) in [5.41, 5.74) is 6.78. The van der Waals surface area contributed by atoms with Gasteiger partial charge in [0.1, 0.15) is 0 Å². The molecule has 2 aliphatic heterocycles. The van der Waals surface area contributed by atoms with E-state index in [9.17, 15) is 8.78 Å². The zero-order valence-electron chi connectivity index (χ0n) is 12.7. The smallest absolute Gasteiger partial charge is 0.250 e. The van der Waals surface area contributed by atoms with Gasteiger partial charge in [-0.15, -0.1) is 0 Å². The molecule has 1 unspecified atom stereocenters. The fraction of sp³-hybridized carbons (Fsp3) is 0.733. The van der Waals surface area contributed by atoms with Crippen LogP contribution in [0.15, 0.2) is 12.4 Å². The Labute approximate surface area is 129 Å². The Morgan fingerprint density at radius 1 is 1.09 bits per heavy atom. The number of piperidine rings is 1. The molecule has 0 saturated carbocycles. The van der Waals surface area contributed by atoms with Gasteiger partial charge in [0.2, 0.25) is 5.95 Å². The number of rotatable bonds is 4. The molecule has 3 rings (SSSR count). The van der Waals surface area contributed by atoms with Crippen molar-refractivity contribution in [2.24, 2.45) is 5.73 Å². The minimum absolute atomic E-state index is 0.0799. The Hall–Kier alpha value is -1.34. The first-order valence-corrected chi connectivity index (χ1v) is 7.98. The van der Waals surface area contributed by atoms with Crippen LogP contribution in [0.25, 0.3) is 0 Å². The van der Waals surface area contributed by atoms with E-state index in [1.165, 1.54) is 12.8 Å². The number of anilines is 1. The molecule has 0 spiro atoms. The molecule has 2 aliphatic rings. The Balaban J connectivity index is 1.68. The standard InChI is InChI=1S/C15H23F2N5/c16-15(17)3-7-21(8-4-15)13(9-18)12-10-19-14(20-11-12)22-5-1-2-6-22/h10-11,13H,1-9,18H2. The van der Waals surface area contributed by atoms with Crippen molar-refractivity contribution in [3.05, 3.63) is 18.0 Å². The van der Waals surface area contributed by atoms with Crippen molar-refractivity contribution in [3.8, 4) is 0 Å². The summed E-state index contributed by atoms with van der Waals surface area (Å²) in [5.74, 6) is -1.78. The zero-order valence-corrected chi connectivity index (χ0v) is 12.7. The lowest BCUT2D eigenvalue weighted by Gasteiger charge is -2.37. The Morgan fingerprint density at radius 3 is 2.23 bits per heavy atom.